The fraction of sp³-hybridized carbons (Fsp3) is 0.385. The summed E-state index contributed by atoms with van der Waals surface area (Å²) in [6, 6.07) is 5.99. The smallest absolute Gasteiger partial charge is 0.240 e. The van der Waals surface area contributed by atoms with E-state index in [1.165, 1.54) is 4.88 Å². The number of aryl methyl sites for hydroxylation is 1. The molecule has 0 fully saturated rings. The first-order valence-corrected chi connectivity index (χ1v) is 6.91. The Morgan fingerprint density at radius 3 is 3.00 bits per heavy atom. The van der Waals surface area contributed by atoms with E-state index in [1.807, 2.05) is 30.3 Å². The highest BCUT2D eigenvalue weighted by molar-refractivity contribution is 7.10. The summed E-state index contributed by atoms with van der Waals surface area (Å²) in [5, 5.41) is 8.45. The van der Waals surface area contributed by atoms with Crippen LogP contribution in [0.25, 0.3) is 0 Å². The predicted octanol–water partition coefficient (Wildman–Crippen LogP) is 2.68. The summed E-state index contributed by atoms with van der Waals surface area (Å²) >= 11 is 1.69. The van der Waals surface area contributed by atoms with Gasteiger partial charge in [-0.25, -0.2) is 0 Å². The van der Waals surface area contributed by atoms with Gasteiger partial charge in [0.1, 0.15) is 0 Å². The SMILES string of the molecule is Cc1cc(NC(=O)CN(C)C(C)c2cccs2)on1. The van der Waals surface area contributed by atoms with Crippen LogP contribution in [-0.4, -0.2) is 29.6 Å². The number of amides is 1. The first-order valence-electron chi connectivity index (χ1n) is 6.03. The summed E-state index contributed by atoms with van der Waals surface area (Å²) in [6.45, 7) is 4.20. The van der Waals surface area contributed by atoms with Crippen molar-refractivity contribution in [2.45, 2.75) is 19.9 Å². The molecule has 102 valence electrons. The molecule has 6 heteroatoms. The molecular formula is C13H17N3O2S. The molecule has 19 heavy (non-hydrogen) atoms. The summed E-state index contributed by atoms with van der Waals surface area (Å²) in [5.41, 5.74) is 0.746. The molecule has 0 radical (unpaired) electrons. The van der Waals surface area contributed by atoms with E-state index in [9.17, 15) is 4.79 Å². The van der Waals surface area contributed by atoms with E-state index in [2.05, 4.69) is 23.5 Å². The molecule has 0 aliphatic heterocycles. The number of thiophene rings is 1. The second kappa shape index (κ2) is 5.99. The molecule has 1 N–H and O–H groups in total. The zero-order valence-electron chi connectivity index (χ0n) is 11.2. The Morgan fingerprint density at radius 2 is 2.42 bits per heavy atom. The number of nitrogens with zero attached hydrogens (tertiary/aromatic N) is 2. The van der Waals surface area contributed by atoms with E-state index >= 15 is 0 Å². The van der Waals surface area contributed by atoms with Crippen molar-refractivity contribution in [3.8, 4) is 0 Å². The number of hydrogen-bond acceptors (Lipinski definition) is 5. The average molecular weight is 279 g/mol. The first-order chi connectivity index (χ1) is 9.06. The molecule has 2 rings (SSSR count). The van der Waals surface area contributed by atoms with Crippen molar-refractivity contribution in [2.24, 2.45) is 0 Å². The van der Waals surface area contributed by atoms with Gasteiger partial charge in [-0.2, -0.15) is 0 Å². The molecule has 0 spiro atoms. The lowest BCUT2D eigenvalue weighted by molar-refractivity contribution is -0.117. The summed E-state index contributed by atoms with van der Waals surface area (Å²) < 4.78 is 4.95. The molecule has 2 aromatic rings. The van der Waals surface area contributed by atoms with Crippen LogP contribution in [0.4, 0.5) is 5.88 Å². The second-order valence-corrected chi connectivity index (χ2v) is 5.47. The Bertz CT molecular complexity index is 536. The lowest BCUT2D eigenvalue weighted by Crippen LogP contribution is -2.31. The third-order valence-corrected chi connectivity index (χ3v) is 3.94. The Morgan fingerprint density at radius 1 is 1.63 bits per heavy atom. The van der Waals surface area contributed by atoms with Crippen molar-refractivity contribution in [1.29, 1.82) is 0 Å². The van der Waals surface area contributed by atoms with Crippen LogP contribution in [-0.2, 0) is 4.79 Å². The molecule has 1 unspecified atom stereocenters. The van der Waals surface area contributed by atoms with Gasteiger partial charge in [0.25, 0.3) is 0 Å². The van der Waals surface area contributed by atoms with Crippen molar-refractivity contribution in [3.63, 3.8) is 0 Å². The summed E-state index contributed by atoms with van der Waals surface area (Å²) in [7, 11) is 1.93. The van der Waals surface area contributed by atoms with Crippen LogP contribution in [0, 0.1) is 6.92 Å². The molecule has 0 bridgehead atoms. The monoisotopic (exact) mass is 279 g/mol. The van der Waals surface area contributed by atoms with E-state index < -0.39 is 0 Å². The highest BCUT2D eigenvalue weighted by atomic mass is 32.1. The number of hydrogen-bond donors (Lipinski definition) is 1. The molecule has 0 aliphatic carbocycles. The van der Waals surface area contributed by atoms with Gasteiger partial charge in [-0.1, -0.05) is 11.2 Å². The van der Waals surface area contributed by atoms with Crippen molar-refractivity contribution in [2.75, 3.05) is 18.9 Å². The van der Waals surface area contributed by atoms with Gasteiger partial charge in [-0.15, -0.1) is 11.3 Å². The van der Waals surface area contributed by atoms with E-state index in [-0.39, 0.29) is 11.9 Å². The maximum absolute atomic E-state index is 11.9. The van der Waals surface area contributed by atoms with Gasteiger partial charge in [-0.05, 0) is 32.3 Å². The molecule has 5 nitrogen and oxygen atoms in total. The van der Waals surface area contributed by atoms with Crippen LogP contribution < -0.4 is 5.32 Å². The number of aromatic nitrogens is 1. The average Bonchev–Trinajstić information content (AvgIpc) is 2.99. The molecule has 0 saturated heterocycles. The Kier molecular flexibility index (Phi) is 4.34. The maximum atomic E-state index is 11.9. The minimum absolute atomic E-state index is 0.109. The third-order valence-electron chi connectivity index (χ3n) is 2.90. The highest BCUT2D eigenvalue weighted by Crippen LogP contribution is 2.23. The number of likely N-dealkylation sites (N-methyl/N-ethyl adjacent to an activating group) is 1. The summed E-state index contributed by atoms with van der Waals surface area (Å²) in [4.78, 5) is 15.1. The molecule has 2 aromatic heterocycles. The number of carbonyl (C=O) groups excluding carboxylic acids is 1. The topological polar surface area (TPSA) is 58.4 Å². The van der Waals surface area contributed by atoms with E-state index in [4.69, 9.17) is 4.52 Å². The normalized spacial score (nSPS) is 12.6. The maximum Gasteiger partial charge on any atom is 0.240 e. The van der Waals surface area contributed by atoms with Gasteiger partial charge in [0.05, 0.1) is 12.2 Å². The fourth-order valence-corrected chi connectivity index (χ4v) is 2.56. The fourth-order valence-electron chi connectivity index (χ4n) is 1.71. The van der Waals surface area contributed by atoms with E-state index in [1.54, 1.807) is 17.4 Å². The largest absolute Gasteiger partial charge is 0.338 e. The Hall–Kier alpha value is -1.66. The van der Waals surface area contributed by atoms with Crippen LogP contribution in [0.3, 0.4) is 0 Å². The molecule has 2 heterocycles. The number of anilines is 1. The number of rotatable bonds is 5. The van der Waals surface area contributed by atoms with Crippen LogP contribution in [0.5, 0.6) is 0 Å². The zero-order chi connectivity index (χ0) is 13.8. The minimum Gasteiger partial charge on any atom is -0.338 e. The molecule has 0 aromatic carbocycles. The molecule has 0 aliphatic rings. The van der Waals surface area contributed by atoms with Crippen LogP contribution >= 0.6 is 11.3 Å². The van der Waals surface area contributed by atoms with Crippen LogP contribution in [0.15, 0.2) is 28.1 Å². The molecule has 1 amide bonds. The van der Waals surface area contributed by atoms with Crippen LogP contribution in [0.2, 0.25) is 0 Å². The quantitative estimate of drug-likeness (QED) is 0.914. The minimum atomic E-state index is -0.109. The van der Waals surface area contributed by atoms with E-state index in [0.717, 1.165) is 5.69 Å². The van der Waals surface area contributed by atoms with Gasteiger partial charge >= 0.3 is 0 Å². The lowest BCUT2D eigenvalue weighted by Gasteiger charge is -2.22. The Balaban J connectivity index is 1.88. The lowest BCUT2D eigenvalue weighted by atomic mass is 10.2. The van der Waals surface area contributed by atoms with Gasteiger partial charge in [-0.3, -0.25) is 15.0 Å². The van der Waals surface area contributed by atoms with Gasteiger partial charge in [0.15, 0.2) is 0 Å². The van der Waals surface area contributed by atoms with E-state index in [0.29, 0.717) is 12.4 Å². The van der Waals surface area contributed by atoms with Crippen molar-refractivity contribution < 1.29 is 9.32 Å². The highest BCUT2D eigenvalue weighted by Gasteiger charge is 2.16. The zero-order valence-corrected chi connectivity index (χ0v) is 12.0. The summed E-state index contributed by atoms with van der Waals surface area (Å²) in [6.07, 6.45) is 0. The van der Waals surface area contributed by atoms with Gasteiger partial charge < -0.3 is 4.52 Å². The molecule has 0 saturated carbocycles. The van der Waals surface area contributed by atoms with Crippen molar-refractivity contribution >= 4 is 23.1 Å². The number of nitrogens with one attached hydrogen (secondary N) is 1. The van der Waals surface area contributed by atoms with Crippen molar-refractivity contribution in [3.05, 3.63) is 34.2 Å². The van der Waals surface area contributed by atoms with Gasteiger partial charge in [0.2, 0.25) is 11.8 Å². The summed E-state index contributed by atoms with van der Waals surface area (Å²) in [5.74, 6) is 0.279. The van der Waals surface area contributed by atoms with Crippen LogP contribution in [0.1, 0.15) is 23.5 Å². The van der Waals surface area contributed by atoms with Gasteiger partial charge in [0, 0.05) is 17.0 Å². The molecule has 1 atom stereocenters. The number of carbonyl (C=O) groups is 1. The standard InChI is InChI=1S/C13H17N3O2S/c1-9-7-13(18-15-9)14-12(17)8-16(3)10(2)11-5-4-6-19-11/h4-7,10H,8H2,1-3H3,(H,14,17). The first kappa shape index (κ1) is 13.8. The third kappa shape index (κ3) is 3.65. The van der Waals surface area contributed by atoms with Crippen molar-refractivity contribution in [1.82, 2.24) is 10.1 Å². The predicted molar refractivity (Wildman–Crippen MR) is 75.2 cm³/mol. The second-order valence-electron chi connectivity index (χ2n) is 4.49. The molecular weight excluding hydrogens is 262 g/mol. The Labute approximate surface area is 116 Å².